The average molecular weight is 461 g/mol. The Morgan fingerprint density at radius 1 is 1.09 bits per heavy atom. The van der Waals surface area contributed by atoms with Gasteiger partial charge in [0, 0.05) is 13.0 Å². The van der Waals surface area contributed by atoms with E-state index >= 15 is 0 Å². The minimum atomic E-state index is -0.538. The van der Waals surface area contributed by atoms with E-state index in [1.165, 1.54) is 6.33 Å². The van der Waals surface area contributed by atoms with E-state index < -0.39 is 5.41 Å². The normalized spacial score (nSPS) is 12.8. The first-order valence-electron chi connectivity index (χ1n) is 10.6. The fraction of sp³-hybridized carbons (Fsp3) is 0.478. The molecule has 1 aromatic carbocycles. The third-order valence-corrected chi connectivity index (χ3v) is 5.06. The molecule has 0 spiro atoms. The second-order valence-corrected chi connectivity index (χ2v) is 8.83. The summed E-state index contributed by atoms with van der Waals surface area (Å²) in [6.07, 6.45) is 4.05. The van der Waals surface area contributed by atoms with Gasteiger partial charge in [-0.1, -0.05) is 41.9 Å². The Hall–Kier alpha value is -2.55. The Morgan fingerprint density at radius 3 is 2.59 bits per heavy atom. The van der Waals surface area contributed by atoms with Crippen LogP contribution in [0.3, 0.4) is 0 Å². The molecular formula is C23H29ClN4O4. The van der Waals surface area contributed by atoms with E-state index in [1.807, 2.05) is 51.1 Å². The molecule has 2 aromatic heterocycles. The van der Waals surface area contributed by atoms with E-state index in [4.69, 9.17) is 25.8 Å². The maximum absolute atomic E-state index is 12.1. The second kappa shape index (κ2) is 11.4. The summed E-state index contributed by atoms with van der Waals surface area (Å²) < 4.78 is 19.1. The van der Waals surface area contributed by atoms with Crippen LogP contribution in [-0.4, -0.2) is 44.8 Å². The van der Waals surface area contributed by atoms with E-state index in [0.717, 1.165) is 5.56 Å². The van der Waals surface area contributed by atoms with Crippen molar-refractivity contribution < 1.29 is 19.0 Å². The number of fused-ring (bicyclic) bond motifs is 1. The van der Waals surface area contributed by atoms with Gasteiger partial charge in [-0.3, -0.25) is 9.36 Å². The lowest BCUT2D eigenvalue weighted by Gasteiger charge is -2.21. The number of aromatic nitrogens is 4. The summed E-state index contributed by atoms with van der Waals surface area (Å²) >= 11 is 6.07. The number of benzene rings is 1. The number of halogens is 1. The maximum atomic E-state index is 12.1. The minimum Gasteiger partial charge on any atom is -0.465 e. The molecule has 0 saturated carbocycles. The number of rotatable bonds is 11. The van der Waals surface area contributed by atoms with Crippen LogP contribution in [0.1, 0.15) is 39.2 Å². The minimum absolute atomic E-state index is 0.173. The fourth-order valence-electron chi connectivity index (χ4n) is 2.92. The van der Waals surface area contributed by atoms with Gasteiger partial charge in [0.15, 0.2) is 10.8 Å². The summed E-state index contributed by atoms with van der Waals surface area (Å²) in [5.41, 5.74) is 1.71. The van der Waals surface area contributed by atoms with Gasteiger partial charge in [0.05, 0.1) is 31.1 Å². The Labute approximate surface area is 192 Å². The molecule has 1 unspecified atom stereocenters. The van der Waals surface area contributed by atoms with Crippen molar-refractivity contribution in [2.24, 2.45) is 5.41 Å². The molecule has 0 aliphatic rings. The Kier molecular flexibility index (Phi) is 8.55. The predicted octanol–water partition coefficient (Wildman–Crippen LogP) is 4.41. The van der Waals surface area contributed by atoms with Crippen LogP contribution in [0.15, 0.2) is 43.0 Å². The first kappa shape index (κ1) is 24.1. The molecule has 0 saturated heterocycles. The molecule has 0 aliphatic carbocycles. The molecule has 32 heavy (non-hydrogen) atoms. The van der Waals surface area contributed by atoms with Gasteiger partial charge >= 0.3 is 5.97 Å². The van der Waals surface area contributed by atoms with Crippen molar-refractivity contribution in [1.82, 2.24) is 19.5 Å². The lowest BCUT2D eigenvalue weighted by atomic mass is 9.97. The smallest absolute Gasteiger partial charge is 0.311 e. The Morgan fingerprint density at radius 2 is 1.84 bits per heavy atom. The lowest BCUT2D eigenvalue weighted by molar-refractivity contribution is -0.154. The second-order valence-electron chi connectivity index (χ2n) is 8.47. The van der Waals surface area contributed by atoms with Crippen LogP contribution in [-0.2, 0) is 32.3 Å². The van der Waals surface area contributed by atoms with Crippen molar-refractivity contribution in [3.63, 3.8) is 0 Å². The highest BCUT2D eigenvalue weighted by molar-refractivity contribution is 6.33. The summed E-state index contributed by atoms with van der Waals surface area (Å²) in [6.45, 7) is 7.06. The van der Waals surface area contributed by atoms with Gasteiger partial charge < -0.3 is 14.2 Å². The Bertz CT molecular complexity index is 1000. The third-order valence-electron chi connectivity index (χ3n) is 4.79. The molecule has 0 fully saturated rings. The van der Waals surface area contributed by atoms with Gasteiger partial charge in [0.2, 0.25) is 0 Å². The standard InChI is InChI=1S/C23H29ClN4O4/c1-23(2,3)22(29)31-12-10-18(9-11-30-13-17-7-5-4-6-8-17)32-16-28-15-27-19-20(24)25-14-26-21(19)28/h4-8,14-15,18H,9-13,16H2,1-3H3. The number of carbonyl (C=O) groups excluding carboxylic acids is 1. The number of carbonyl (C=O) groups is 1. The van der Waals surface area contributed by atoms with E-state index in [9.17, 15) is 4.79 Å². The molecule has 0 aliphatic heterocycles. The Balaban J connectivity index is 1.54. The van der Waals surface area contributed by atoms with Crippen molar-refractivity contribution in [1.29, 1.82) is 0 Å². The topological polar surface area (TPSA) is 88.4 Å². The molecule has 3 rings (SSSR count). The van der Waals surface area contributed by atoms with Crippen LogP contribution in [0.5, 0.6) is 0 Å². The number of hydrogen-bond acceptors (Lipinski definition) is 7. The summed E-state index contributed by atoms with van der Waals surface area (Å²) in [6, 6.07) is 10.00. The van der Waals surface area contributed by atoms with Gasteiger partial charge in [-0.2, -0.15) is 0 Å². The van der Waals surface area contributed by atoms with Crippen molar-refractivity contribution >= 4 is 28.7 Å². The van der Waals surface area contributed by atoms with Crippen LogP contribution >= 0.6 is 11.6 Å². The molecule has 8 nitrogen and oxygen atoms in total. The van der Waals surface area contributed by atoms with Crippen LogP contribution < -0.4 is 0 Å². The number of esters is 1. The number of nitrogens with zero attached hydrogens (tertiary/aromatic N) is 4. The highest BCUT2D eigenvalue weighted by Crippen LogP contribution is 2.19. The van der Waals surface area contributed by atoms with E-state index in [-0.39, 0.29) is 25.4 Å². The lowest BCUT2D eigenvalue weighted by Crippen LogP contribution is -2.26. The molecule has 0 bridgehead atoms. The van der Waals surface area contributed by atoms with Gasteiger partial charge in [-0.15, -0.1) is 0 Å². The zero-order chi connectivity index (χ0) is 23.0. The van der Waals surface area contributed by atoms with Crippen LogP contribution in [0.2, 0.25) is 5.15 Å². The molecule has 1 atom stereocenters. The third kappa shape index (κ3) is 6.98. The molecule has 0 radical (unpaired) electrons. The summed E-state index contributed by atoms with van der Waals surface area (Å²) in [5.74, 6) is -0.233. The molecular weight excluding hydrogens is 432 g/mol. The van der Waals surface area contributed by atoms with Crippen molar-refractivity contribution in [2.45, 2.75) is 53.1 Å². The summed E-state index contributed by atoms with van der Waals surface area (Å²) in [7, 11) is 0. The zero-order valence-electron chi connectivity index (χ0n) is 18.7. The zero-order valence-corrected chi connectivity index (χ0v) is 19.4. The van der Waals surface area contributed by atoms with Gasteiger partial charge in [0.1, 0.15) is 18.6 Å². The van der Waals surface area contributed by atoms with Crippen LogP contribution in [0.25, 0.3) is 11.2 Å². The first-order chi connectivity index (χ1) is 15.3. The van der Waals surface area contributed by atoms with Gasteiger partial charge in [-0.25, -0.2) is 15.0 Å². The average Bonchev–Trinajstić information content (AvgIpc) is 3.19. The molecule has 3 aromatic rings. The van der Waals surface area contributed by atoms with E-state index in [2.05, 4.69) is 15.0 Å². The molecule has 0 amide bonds. The molecule has 2 heterocycles. The van der Waals surface area contributed by atoms with E-state index in [1.54, 1.807) is 10.9 Å². The molecule has 0 N–H and O–H groups in total. The number of ether oxygens (including phenoxy) is 3. The largest absolute Gasteiger partial charge is 0.465 e. The highest BCUT2D eigenvalue weighted by atomic mass is 35.5. The number of hydrogen-bond donors (Lipinski definition) is 0. The van der Waals surface area contributed by atoms with Crippen LogP contribution in [0.4, 0.5) is 0 Å². The van der Waals surface area contributed by atoms with Crippen LogP contribution in [0, 0.1) is 5.41 Å². The summed E-state index contributed by atoms with van der Waals surface area (Å²) in [4.78, 5) is 24.5. The van der Waals surface area contributed by atoms with Crippen molar-refractivity contribution in [3.8, 4) is 0 Å². The first-order valence-corrected chi connectivity index (χ1v) is 10.9. The van der Waals surface area contributed by atoms with Crippen molar-refractivity contribution in [3.05, 3.63) is 53.7 Å². The molecule has 172 valence electrons. The van der Waals surface area contributed by atoms with E-state index in [0.29, 0.717) is 42.4 Å². The highest BCUT2D eigenvalue weighted by Gasteiger charge is 2.23. The number of imidazole rings is 1. The predicted molar refractivity (Wildman–Crippen MR) is 121 cm³/mol. The fourth-order valence-corrected chi connectivity index (χ4v) is 3.10. The summed E-state index contributed by atoms with van der Waals surface area (Å²) in [5, 5.41) is 0.300. The molecule has 9 heteroatoms. The van der Waals surface area contributed by atoms with Gasteiger partial charge in [-0.05, 0) is 32.8 Å². The SMILES string of the molecule is CC(C)(C)C(=O)OCCC(CCOCc1ccccc1)OCn1cnc2c(Cl)ncnc21. The monoisotopic (exact) mass is 460 g/mol. The van der Waals surface area contributed by atoms with Gasteiger partial charge in [0.25, 0.3) is 0 Å². The quantitative estimate of drug-likeness (QED) is 0.238. The maximum Gasteiger partial charge on any atom is 0.311 e. The van der Waals surface area contributed by atoms with Crippen molar-refractivity contribution in [2.75, 3.05) is 13.2 Å².